The summed E-state index contributed by atoms with van der Waals surface area (Å²) in [6.45, 7) is 5.33. The molecule has 0 radical (unpaired) electrons. The van der Waals surface area contributed by atoms with Crippen LogP contribution in [0.4, 0.5) is 4.39 Å². The number of halogens is 1. The molecule has 1 amide bonds. The molecule has 0 N–H and O–H groups in total. The maximum atomic E-state index is 14.1. The second-order valence-corrected chi connectivity index (χ2v) is 9.56. The Kier molecular flexibility index (Phi) is 6.96. The number of ether oxygens (including phenoxy) is 2. The molecular weight excluding hydrogens is 459 g/mol. The zero-order valence-electron chi connectivity index (χ0n) is 21.2. The third-order valence-electron chi connectivity index (χ3n) is 6.98. The minimum absolute atomic E-state index is 0.0648. The topological polar surface area (TPSA) is 59.8 Å². The van der Waals surface area contributed by atoms with E-state index in [1.54, 1.807) is 38.5 Å². The summed E-state index contributed by atoms with van der Waals surface area (Å²) < 4.78 is 26.7. The lowest BCUT2D eigenvalue weighted by molar-refractivity contribution is 0.0726. The molecule has 36 heavy (non-hydrogen) atoms. The van der Waals surface area contributed by atoms with Crippen LogP contribution in [0.1, 0.15) is 53.5 Å². The molecule has 8 heteroatoms. The van der Waals surface area contributed by atoms with Gasteiger partial charge in [0, 0.05) is 42.7 Å². The van der Waals surface area contributed by atoms with E-state index in [0.717, 1.165) is 62.3 Å². The SMILES string of the molecule is CCCN1CCc2c(c(CN(C(=O)c3cc(OC)cc(OC)c3)C3CC3)nn2-c2cccc(F)c2)C1. The van der Waals surface area contributed by atoms with Crippen molar-refractivity contribution in [1.29, 1.82) is 0 Å². The van der Waals surface area contributed by atoms with E-state index in [1.165, 1.54) is 12.1 Å². The Hall–Kier alpha value is -3.39. The van der Waals surface area contributed by atoms with E-state index in [0.29, 0.717) is 29.3 Å². The average molecular weight is 493 g/mol. The molecule has 0 spiro atoms. The van der Waals surface area contributed by atoms with Crippen molar-refractivity contribution in [3.63, 3.8) is 0 Å². The predicted octanol–water partition coefficient (Wildman–Crippen LogP) is 4.60. The van der Waals surface area contributed by atoms with Crippen molar-refractivity contribution in [3.8, 4) is 17.2 Å². The second-order valence-electron chi connectivity index (χ2n) is 9.56. The van der Waals surface area contributed by atoms with Gasteiger partial charge in [0.15, 0.2) is 0 Å². The quantitative estimate of drug-likeness (QED) is 0.437. The van der Waals surface area contributed by atoms with Crippen LogP contribution in [0.3, 0.4) is 0 Å². The number of nitrogens with zero attached hydrogens (tertiary/aromatic N) is 4. The summed E-state index contributed by atoms with van der Waals surface area (Å²) in [6, 6.07) is 12.0. The number of fused-ring (bicyclic) bond motifs is 1. The molecular formula is C28H33FN4O3. The van der Waals surface area contributed by atoms with E-state index in [1.807, 2.05) is 15.6 Å². The lowest BCUT2D eigenvalue weighted by Gasteiger charge is -2.28. The van der Waals surface area contributed by atoms with Crippen LogP contribution in [0.5, 0.6) is 11.5 Å². The fraction of sp³-hybridized carbons (Fsp3) is 0.429. The first-order chi connectivity index (χ1) is 17.5. The largest absolute Gasteiger partial charge is 0.497 e. The van der Waals surface area contributed by atoms with Gasteiger partial charge in [0.25, 0.3) is 5.91 Å². The Labute approximate surface area is 211 Å². The Bertz CT molecular complexity index is 1230. The van der Waals surface area contributed by atoms with Crippen molar-refractivity contribution in [1.82, 2.24) is 19.6 Å². The van der Waals surface area contributed by atoms with Crippen LogP contribution in [-0.2, 0) is 19.5 Å². The standard InChI is InChI=1S/C28H33FN4O3/c1-4-11-31-12-10-27-25(17-31)26(30-33(27)22-7-5-6-20(29)15-22)18-32(21-8-9-21)28(34)19-13-23(35-2)16-24(14-19)36-3/h5-7,13-16,21H,4,8-12,17-18H2,1-3H3. The Morgan fingerprint density at radius 1 is 1.14 bits per heavy atom. The molecule has 1 aliphatic heterocycles. The number of methoxy groups -OCH3 is 2. The highest BCUT2D eigenvalue weighted by atomic mass is 19.1. The lowest BCUT2D eigenvalue weighted by Crippen LogP contribution is -2.35. The molecule has 1 aliphatic carbocycles. The molecule has 3 aromatic rings. The summed E-state index contributed by atoms with van der Waals surface area (Å²) in [5.41, 5.74) is 4.38. The fourth-order valence-corrected chi connectivity index (χ4v) is 5.01. The van der Waals surface area contributed by atoms with Crippen molar-refractivity contribution in [3.05, 3.63) is 70.8 Å². The Balaban J connectivity index is 1.51. The maximum absolute atomic E-state index is 14.1. The zero-order valence-corrected chi connectivity index (χ0v) is 21.2. The Morgan fingerprint density at radius 3 is 2.53 bits per heavy atom. The van der Waals surface area contributed by atoms with Crippen LogP contribution in [0.25, 0.3) is 5.69 Å². The van der Waals surface area contributed by atoms with Gasteiger partial charge in [-0.2, -0.15) is 5.10 Å². The van der Waals surface area contributed by atoms with Gasteiger partial charge < -0.3 is 14.4 Å². The highest BCUT2D eigenvalue weighted by Gasteiger charge is 2.36. The number of hydrogen-bond donors (Lipinski definition) is 0. The second kappa shape index (κ2) is 10.3. The summed E-state index contributed by atoms with van der Waals surface area (Å²) in [5, 5.41) is 4.97. The highest BCUT2D eigenvalue weighted by molar-refractivity contribution is 5.95. The predicted molar refractivity (Wildman–Crippen MR) is 135 cm³/mol. The van der Waals surface area contributed by atoms with Crippen LogP contribution in [0, 0.1) is 5.82 Å². The minimum Gasteiger partial charge on any atom is -0.497 e. The van der Waals surface area contributed by atoms with E-state index >= 15 is 0 Å². The highest BCUT2D eigenvalue weighted by Crippen LogP contribution is 2.34. The van der Waals surface area contributed by atoms with Gasteiger partial charge in [0.2, 0.25) is 0 Å². The number of carbonyl (C=O) groups excluding carboxylic acids is 1. The van der Waals surface area contributed by atoms with Crippen LogP contribution in [-0.4, -0.2) is 58.8 Å². The van der Waals surface area contributed by atoms with Crippen molar-refractivity contribution < 1.29 is 18.7 Å². The summed E-state index contributed by atoms with van der Waals surface area (Å²) in [7, 11) is 3.16. The summed E-state index contributed by atoms with van der Waals surface area (Å²) in [5.74, 6) is 0.807. The van der Waals surface area contributed by atoms with Gasteiger partial charge in [-0.05, 0) is 56.1 Å². The molecule has 2 aromatic carbocycles. The van der Waals surface area contributed by atoms with Gasteiger partial charge in [0.1, 0.15) is 17.3 Å². The molecule has 190 valence electrons. The van der Waals surface area contributed by atoms with Gasteiger partial charge in [-0.1, -0.05) is 13.0 Å². The molecule has 0 atom stereocenters. The van der Waals surface area contributed by atoms with Gasteiger partial charge in [-0.3, -0.25) is 9.69 Å². The lowest BCUT2D eigenvalue weighted by atomic mass is 10.0. The van der Waals surface area contributed by atoms with Crippen molar-refractivity contribution in [2.45, 2.75) is 51.7 Å². The van der Waals surface area contributed by atoms with Crippen molar-refractivity contribution >= 4 is 5.91 Å². The van der Waals surface area contributed by atoms with Gasteiger partial charge >= 0.3 is 0 Å². The van der Waals surface area contributed by atoms with Crippen LogP contribution in [0.2, 0.25) is 0 Å². The van der Waals surface area contributed by atoms with E-state index in [4.69, 9.17) is 14.6 Å². The molecule has 2 aliphatic rings. The number of amides is 1. The smallest absolute Gasteiger partial charge is 0.254 e. The van der Waals surface area contributed by atoms with E-state index in [-0.39, 0.29) is 17.8 Å². The molecule has 1 fully saturated rings. The van der Waals surface area contributed by atoms with Crippen LogP contribution >= 0.6 is 0 Å². The molecule has 7 nitrogen and oxygen atoms in total. The zero-order chi connectivity index (χ0) is 25.2. The number of aromatic nitrogens is 2. The third kappa shape index (κ3) is 4.95. The van der Waals surface area contributed by atoms with E-state index in [2.05, 4.69) is 11.8 Å². The monoisotopic (exact) mass is 492 g/mol. The molecule has 1 aromatic heterocycles. The third-order valence-corrected chi connectivity index (χ3v) is 6.98. The van der Waals surface area contributed by atoms with Crippen molar-refractivity contribution in [2.75, 3.05) is 27.3 Å². The summed E-state index contributed by atoms with van der Waals surface area (Å²) in [6.07, 6.45) is 3.86. The Morgan fingerprint density at radius 2 is 1.89 bits per heavy atom. The molecule has 5 rings (SSSR count). The number of hydrogen-bond acceptors (Lipinski definition) is 5. The number of rotatable bonds is 9. The molecule has 0 unspecified atom stereocenters. The molecule has 2 heterocycles. The van der Waals surface area contributed by atoms with Gasteiger partial charge in [0.05, 0.1) is 37.8 Å². The first kappa shape index (κ1) is 24.3. The first-order valence-corrected chi connectivity index (χ1v) is 12.6. The van der Waals surface area contributed by atoms with Crippen molar-refractivity contribution in [2.24, 2.45) is 0 Å². The number of carbonyl (C=O) groups is 1. The van der Waals surface area contributed by atoms with E-state index < -0.39 is 0 Å². The normalized spacial score (nSPS) is 15.4. The fourth-order valence-electron chi connectivity index (χ4n) is 5.01. The minimum atomic E-state index is -0.288. The summed E-state index contributed by atoms with van der Waals surface area (Å²) >= 11 is 0. The average Bonchev–Trinajstić information content (AvgIpc) is 3.68. The maximum Gasteiger partial charge on any atom is 0.254 e. The first-order valence-electron chi connectivity index (χ1n) is 12.6. The molecule has 0 bridgehead atoms. The summed E-state index contributed by atoms with van der Waals surface area (Å²) in [4.78, 5) is 18.1. The van der Waals surface area contributed by atoms with Gasteiger partial charge in [-0.15, -0.1) is 0 Å². The number of benzene rings is 2. The van der Waals surface area contributed by atoms with Gasteiger partial charge in [-0.25, -0.2) is 9.07 Å². The van der Waals surface area contributed by atoms with E-state index in [9.17, 15) is 9.18 Å². The molecule has 0 saturated heterocycles. The van der Waals surface area contributed by atoms with Crippen LogP contribution in [0.15, 0.2) is 42.5 Å². The molecule has 1 saturated carbocycles. The van der Waals surface area contributed by atoms with Crippen LogP contribution < -0.4 is 9.47 Å².